The first-order chi connectivity index (χ1) is 22.5. The summed E-state index contributed by atoms with van der Waals surface area (Å²) in [7, 11) is -4.04. The molecule has 9 heteroatoms. The van der Waals surface area contributed by atoms with Gasteiger partial charge in [-0.25, -0.2) is 0 Å². The Bertz CT molecular complexity index is 1540. The van der Waals surface area contributed by atoms with Crippen LogP contribution in [0.1, 0.15) is 29.2 Å². The van der Waals surface area contributed by atoms with E-state index in [-0.39, 0.29) is 39.6 Å². The van der Waals surface area contributed by atoms with Gasteiger partial charge in [-0.15, -0.1) is 0 Å². The van der Waals surface area contributed by atoms with Crippen LogP contribution in [0.4, 0.5) is 0 Å². The van der Waals surface area contributed by atoms with E-state index in [1.807, 2.05) is 121 Å². The van der Waals surface area contributed by atoms with Gasteiger partial charge in [0.15, 0.2) is 0 Å². The molecule has 0 aromatic heterocycles. The molecule has 1 heterocycles. The van der Waals surface area contributed by atoms with Crippen LogP contribution in [0.25, 0.3) is 0 Å². The summed E-state index contributed by atoms with van der Waals surface area (Å²) in [5.74, 6) is -0.483. The van der Waals surface area contributed by atoms with Crippen LogP contribution in [0, 0.1) is 0 Å². The smallest absolute Gasteiger partial charge is 0.270 e. The molecule has 0 N–H and O–H groups in total. The van der Waals surface area contributed by atoms with Gasteiger partial charge < -0.3 is 23.7 Å². The predicted molar refractivity (Wildman–Crippen MR) is 175 cm³/mol. The summed E-state index contributed by atoms with van der Waals surface area (Å²) >= 11 is 0. The third-order valence-corrected chi connectivity index (χ3v) is 9.20. The van der Waals surface area contributed by atoms with Gasteiger partial charge in [-0.2, -0.15) is 8.42 Å². The van der Waals surface area contributed by atoms with Crippen molar-refractivity contribution in [3.8, 4) is 0 Å². The van der Waals surface area contributed by atoms with Gasteiger partial charge in [0.1, 0.15) is 29.7 Å². The quantitative estimate of drug-likeness (QED) is 0.127. The summed E-state index contributed by atoms with van der Waals surface area (Å²) in [6.07, 6.45) is -2.19. The van der Waals surface area contributed by atoms with E-state index in [4.69, 9.17) is 27.9 Å². The van der Waals surface area contributed by atoms with Crippen LogP contribution in [-0.2, 0) is 64.4 Å². The van der Waals surface area contributed by atoms with Gasteiger partial charge >= 0.3 is 0 Å². The van der Waals surface area contributed by atoms with Crippen molar-refractivity contribution in [1.82, 2.24) is 0 Å². The summed E-state index contributed by atoms with van der Waals surface area (Å²) in [6.45, 7) is 2.75. The van der Waals surface area contributed by atoms with Crippen LogP contribution in [0.5, 0.6) is 0 Å². The minimum absolute atomic E-state index is 0.00260. The molecule has 1 fully saturated rings. The molecule has 0 unspecified atom stereocenters. The highest BCUT2D eigenvalue weighted by Crippen LogP contribution is 2.36. The number of ether oxygens (including phenoxy) is 5. The Morgan fingerprint density at radius 3 is 1.67 bits per heavy atom. The second-order valence-corrected chi connectivity index (χ2v) is 12.9. The summed E-state index contributed by atoms with van der Waals surface area (Å²) < 4.78 is 64.5. The second kappa shape index (κ2) is 16.9. The molecule has 0 saturated carbocycles. The monoisotopic (exact) mass is 646 g/mol. The largest absolute Gasteiger partial charge is 0.374 e. The van der Waals surface area contributed by atoms with Crippen LogP contribution >= 0.6 is 0 Å². The molecule has 0 bridgehead atoms. The Hall–Kier alpha value is -3.41. The zero-order valence-electron chi connectivity index (χ0n) is 26.1. The molecular weight excluding hydrogens is 604 g/mol. The molecule has 1 aliphatic heterocycles. The fraction of sp³-hybridized carbons (Fsp3) is 0.351. The van der Waals surface area contributed by atoms with Crippen LogP contribution in [0.2, 0.25) is 0 Å². The van der Waals surface area contributed by atoms with Crippen molar-refractivity contribution < 1.29 is 36.3 Å². The minimum atomic E-state index is -4.04. The molecule has 8 nitrogen and oxygen atoms in total. The lowest BCUT2D eigenvalue weighted by Crippen LogP contribution is -2.67. The molecule has 46 heavy (non-hydrogen) atoms. The highest BCUT2D eigenvalue weighted by atomic mass is 32.2. The molecule has 4 aromatic rings. The van der Waals surface area contributed by atoms with Crippen LogP contribution < -0.4 is 0 Å². The average molecular weight is 647 g/mol. The molecule has 244 valence electrons. The van der Waals surface area contributed by atoms with Crippen molar-refractivity contribution in [2.24, 2.45) is 0 Å². The van der Waals surface area contributed by atoms with Gasteiger partial charge in [-0.1, -0.05) is 121 Å². The molecule has 4 atom stereocenters. The Morgan fingerprint density at radius 2 is 1.15 bits per heavy atom. The first-order valence-corrected chi connectivity index (χ1v) is 17.1. The lowest BCUT2D eigenvalue weighted by molar-refractivity contribution is -0.280. The maximum atomic E-state index is 13.4. The van der Waals surface area contributed by atoms with E-state index in [2.05, 4.69) is 0 Å². The van der Waals surface area contributed by atoms with E-state index >= 15 is 0 Å². The zero-order valence-corrected chi connectivity index (χ0v) is 26.9. The average Bonchev–Trinajstić information content (AvgIpc) is 3.08. The Balaban J connectivity index is 1.49. The van der Waals surface area contributed by atoms with E-state index in [0.29, 0.717) is 6.61 Å². The number of hydrogen-bond donors (Lipinski definition) is 0. The van der Waals surface area contributed by atoms with E-state index < -0.39 is 39.8 Å². The van der Waals surface area contributed by atoms with Gasteiger partial charge in [0.2, 0.25) is 0 Å². The number of hydrogen-bond acceptors (Lipinski definition) is 8. The topological polar surface area (TPSA) is 89.5 Å². The van der Waals surface area contributed by atoms with Crippen LogP contribution in [0.3, 0.4) is 0 Å². The normalized spacial score (nSPS) is 21.6. The third kappa shape index (κ3) is 9.80. The fourth-order valence-corrected chi connectivity index (χ4v) is 6.88. The third-order valence-electron chi connectivity index (χ3n) is 7.76. The highest BCUT2D eigenvalue weighted by Gasteiger charge is 2.55. The summed E-state index contributed by atoms with van der Waals surface area (Å²) in [4.78, 5) is 0. The predicted octanol–water partition coefficient (Wildman–Crippen LogP) is 6.09. The lowest BCUT2D eigenvalue weighted by atomic mass is 9.88. The summed E-state index contributed by atoms with van der Waals surface area (Å²) in [6, 6.07) is 39.0. The minimum Gasteiger partial charge on any atom is -0.374 e. The molecule has 5 rings (SSSR count). The Labute approximate surface area is 272 Å². The van der Waals surface area contributed by atoms with Crippen molar-refractivity contribution in [2.45, 2.75) is 57.3 Å². The van der Waals surface area contributed by atoms with E-state index in [1.165, 1.54) is 0 Å². The Kier molecular flexibility index (Phi) is 12.5. The molecule has 4 aromatic carbocycles. The lowest BCUT2D eigenvalue weighted by Gasteiger charge is -2.49. The maximum absolute atomic E-state index is 13.4. The molecule has 0 amide bonds. The van der Waals surface area contributed by atoms with Crippen molar-refractivity contribution in [1.29, 1.82) is 0 Å². The molecular formula is C37H42O8S. The summed E-state index contributed by atoms with van der Waals surface area (Å²) in [5.41, 5.74) is 2.33. The van der Waals surface area contributed by atoms with Gasteiger partial charge in [-0.05, 0) is 29.2 Å². The van der Waals surface area contributed by atoms with Gasteiger partial charge in [0, 0.05) is 0 Å². The van der Waals surface area contributed by atoms with Crippen LogP contribution in [0.15, 0.2) is 121 Å². The zero-order chi connectivity index (χ0) is 32.1. The maximum Gasteiger partial charge on any atom is 0.270 e. The Morgan fingerprint density at radius 1 is 0.674 bits per heavy atom. The highest BCUT2D eigenvalue weighted by molar-refractivity contribution is 7.86. The molecule has 0 aliphatic carbocycles. The van der Waals surface area contributed by atoms with E-state index in [9.17, 15) is 8.42 Å². The standard InChI is InChI=1S/C37H42O8S/c1-2-45-46(38,39)29-37(44-26-33-21-13-6-14-22-33)28-43-34(27-40-23-30-15-7-3-8-16-30)35(41-24-31-17-9-4-10-18-31)36(37)42-25-32-19-11-5-12-20-32/h3-22,34-36H,2,23-29H2,1H3/t34-,35-,36+,37+/m1/s1. The summed E-state index contributed by atoms with van der Waals surface area (Å²) in [5, 5.41) is 0. The molecule has 0 spiro atoms. The van der Waals surface area contributed by atoms with Crippen LogP contribution in [-0.4, -0.2) is 57.9 Å². The van der Waals surface area contributed by atoms with Gasteiger partial charge in [0.05, 0.1) is 46.2 Å². The van der Waals surface area contributed by atoms with E-state index in [0.717, 1.165) is 22.3 Å². The fourth-order valence-electron chi connectivity index (χ4n) is 5.51. The van der Waals surface area contributed by atoms with Crippen molar-refractivity contribution >= 4 is 10.1 Å². The molecule has 1 saturated heterocycles. The molecule has 1 aliphatic rings. The number of benzene rings is 4. The SMILES string of the molecule is CCOS(=O)(=O)C[C@@]1(OCc2ccccc2)CO[C@H](COCc2ccccc2)[C@@H](OCc2ccccc2)[C@@H]1OCc1ccccc1. The van der Waals surface area contributed by atoms with Crippen molar-refractivity contribution in [3.05, 3.63) is 144 Å². The second-order valence-electron chi connectivity index (χ2n) is 11.3. The van der Waals surface area contributed by atoms with Gasteiger partial charge in [0.25, 0.3) is 10.1 Å². The van der Waals surface area contributed by atoms with E-state index in [1.54, 1.807) is 6.92 Å². The van der Waals surface area contributed by atoms with Crippen molar-refractivity contribution in [2.75, 3.05) is 25.6 Å². The first kappa shape index (κ1) is 33.9. The van der Waals surface area contributed by atoms with Gasteiger partial charge in [-0.3, -0.25) is 4.18 Å². The molecule has 0 radical (unpaired) electrons. The van der Waals surface area contributed by atoms with Crippen molar-refractivity contribution in [3.63, 3.8) is 0 Å². The first-order valence-electron chi connectivity index (χ1n) is 15.6. The number of rotatable bonds is 17.